The van der Waals surface area contributed by atoms with Crippen LogP contribution in [-0.4, -0.2) is 64.4 Å². The zero-order valence-corrected chi connectivity index (χ0v) is 21.2. The van der Waals surface area contributed by atoms with Crippen LogP contribution in [0.3, 0.4) is 0 Å². The number of amides is 2. The first kappa shape index (κ1) is 24.5. The summed E-state index contributed by atoms with van der Waals surface area (Å²) < 4.78 is 12.7. The molecule has 0 radical (unpaired) electrons. The topological polar surface area (TPSA) is 111 Å². The number of nitrogens with one attached hydrogen (secondary N) is 2. The van der Waals surface area contributed by atoms with Crippen LogP contribution in [0, 0.1) is 13.8 Å². The highest BCUT2D eigenvalue weighted by atomic mass is 16.5. The van der Waals surface area contributed by atoms with Gasteiger partial charge in [0.1, 0.15) is 18.1 Å². The van der Waals surface area contributed by atoms with Gasteiger partial charge in [0.2, 0.25) is 5.95 Å². The Kier molecular flexibility index (Phi) is 6.91. The molecule has 0 spiro atoms. The lowest BCUT2D eigenvalue weighted by Crippen LogP contribution is -2.42. The summed E-state index contributed by atoms with van der Waals surface area (Å²) in [7, 11) is 0. The smallest absolute Gasteiger partial charge is 0.260 e. The van der Waals surface area contributed by atoms with Crippen molar-refractivity contribution in [2.24, 2.45) is 0 Å². The molecule has 2 amide bonds. The second kappa shape index (κ2) is 10.4. The summed E-state index contributed by atoms with van der Waals surface area (Å²) in [6.45, 7) is 8.08. The Balaban J connectivity index is 1.37. The molecule has 0 bridgehead atoms. The van der Waals surface area contributed by atoms with Gasteiger partial charge in [0.15, 0.2) is 6.61 Å². The van der Waals surface area contributed by atoms with E-state index in [2.05, 4.69) is 20.7 Å². The van der Waals surface area contributed by atoms with Gasteiger partial charge in [0.25, 0.3) is 11.8 Å². The largest absolute Gasteiger partial charge is 0.484 e. The van der Waals surface area contributed by atoms with Gasteiger partial charge in [-0.2, -0.15) is 10.1 Å². The van der Waals surface area contributed by atoms with E-state index in [0.29, 0.717) is 49.3 Å². The van der Waals surface area contributed by atoms with Crippen LogP contribution in [0.25, 0.3) is 0 Å². The second-order valence-electron chi connectivity index (χ2n) is 9.15. The third-order valence-electron chi connectivity index (χ3n) is 6.81. The molecule has 2 aliphatic heterocycles. The minimum atomic E-state index is -0.493. The number of allylic oxidation sites excluding steroid dienone is 1. The van der Waals surface area contributed by atoms with E-state index >= 15 is 0 Å². The number of anilines is 2. The first-order valence-electron chi connectivity index (χ1n) is 12.3. The Morgan fingerprint density at radius 1 is 1.11 bits per heavy atom. The zero-order valence-electron chi connectivity index (χ0n) is 21.2. The van der Waals surface area contributed by atoms with Gasteiger partial charge < -0.3 is 25.0 Å². The fourth-order valence-corrected chi connectivity index (χ4v) is 4.56. The molecular formula is C27H30N6O4. The molecular weight excluding hydrogens is 472 g/mol. The van der Waals surface area contributed by atoms with E-state index in [1.54, 1.807) is 21.7 Å². The number of fused-ring (bicyclic) bond motifs is 1. The van der Waals surface area contributed by atoms with E-state index < -0.39 is 6.04 Å². The number of ether oxygens (including phenoxy) is 2. The monoisotopic (exact) mass is 502 g/mol. The molecule has 1 unspecified atom stereocenters. The Bertz CT molecular complexity index is 1340. The van der Waals surface area contributed by atoms with Crippen molar-refractivity contribution in [2.75, 3.05) is 43.5 Å². The van der Waals surface area contributed by atoms with E-state index in [4.69, 9.17) is 9.47 Å². The highest BCUT2D eigenvalue weighted by Gasteiger charge is 2.33. The van der Waals surface area contributed by atoms with E-state index in [0.717, 1.165) is 22.4 Å². The first-order valence-corrected chi connectivity index (χ1v) is 12.3. The highest BCUT2D eigenvalue weighted by Crippen LogP contribution is 2.36. The maximum Gasteiger partial charge on any atom is 0.260 e. The summed E-state index contributed by atoms with van der Waals surface area (Å²) in [4.78, 5) is 32.1. The molecule has 0 saturated carbocycles. The third-order valence-corrected chi connectivity index (χ3v) is 6.81. The standard InChI is InChI=1S/C27H30N6O4/c1-17-5-4-6-22(18(17)2)31-26(35)24-19(3)30-27-28-16-29-33(27)25(24)20-7-9-21(10-8-20)37-15-23(34)32-11-13-36-14-12-32/h4-10,16,25H,11-15H2,1-3H3,(H,31,35)(H,28,29,30). The number of nitrogens with zero attached hydrogens (tertiary/aromatic N) is 4. The number of aryl methyl sites for hydroxylation is 1. The van der Waals surface area contributed by atoms with Crippen molar-refractivity contribution in [1.29, 1.82) is 0 Å². The van der Waals surface area contributed by atoms with E-state index in [1.165, 1.54) is 6.33 Å². The van der Waals surface area contributed by atoms with Gasteiger partial charge in [-0.15, -0.1) is 0 Å². The number of hydrogen-bond donors (Lipinski definition) is 2. The van der Waals surface area contributed by atoms with Crippen molar-refractivity contribution in [3.63, 3.8) is 0 Å². The number of rotatable bonds is 6. The Morgan fingerprint density at radius 2 is 1.86 bits per heavy atom. The van der Waals surface area contributed by atoms with Gasteiger partial charge in [0, 0.05) is 24.5 Å². The van der Waals surface area contributed by atoms with Crippen molar-refractivity contribution in [1.82, 2.24) is 19.7 Å². The lowest BCUT2D eigenvalue weighted by molar-refractivity contribution is -0.137. The van der Waals surface area contributed by atoms with Gasteiger partial charge in [0.05, 0.1) is 18.8 Å². The molecule has 3 aromatic rings. The number of hydrogen-bond acceptors (Lipinski definition) is 7. The molecule has 2 aliphatic rings. The highest BCUT2D eigenvalue weighted by molar-refractivity contribution is 6.06. The molecule has 1 atom stereocenters. The van der Waals surface area contributed by atoms with E-state index in [9.17, 15) is 9.59 Å². The fourth-order valence-electron chi connectivity index (χ4n) is 4.56. The van der Waals surface area contributed by atoms with Gasteiger partial charge in [-0.05, 0) is 55.7 Å². The Labute approximate surface area is 215 Å². The van der Waals surface area contributed by atoms with Crippen LogP contribution in [-0.2, 0) is 14.3 Å². The lowest BCUT2D eigenvalue weighted by atomic mass is 9.94. The van der Waals surface area contributed by atoms with Crippen LogP contribution in [0.1, 0.15) is 29.7 Å². The number of carbonyl (C=O) groups excluding carboxylic acids is 2. The normalized spacial score (nSPS) is 17.2. The average Bonchev–Trinajstić information content (AvgIpc) is 3.38. The summed E-state index contributed by atoms with van der Waals surface area (Å²) >= 11 is 0. The maximum atomic E-state index is 13.6. The maximum absolute atomic E-state index is 13.6. The average molecular weight is 503 g/mol. The van der Waals surface area contributed by atoms with Gasteiger partial charge >= 0.3 is 0 Å². The molecule has 3 heterocycles. The molecule has 1 saturated heterocycles. The van der Waals surface area contributed by atoms with Crippen LogP contribution >= 0.6 is 0 Å². The zero-order chi connectivity index (χ0) is 25.9. The van der Waals surface area contributed by atoms with Gasteiger partial charge in [-0.1, -0.05) is 24.3 Å². The van der Waals surface area contributed by atoms with Gasteiger partial charge in [-0.3, -0.25) is 9.59 Å². The van der Waals surface area contributed by atoms with Crippen molar-refractivity contribution < 1.29 is 19.1 Å². The summed E-state index contributed by atoms with van der Waals surface area (Å²) in [6, 6.07) is 12.7. The molecule has 0 aliphatic carbocycles. The molecule has 2 N–H and O–H groups in total. The van der Waals surface area contributed by atoms with Crippen molar-refractivity contribution in [2.45, 2.75) is 26.8 Å². The molecule has 10 nitrogen and oxygen atoms in total. The summed E-state index contributed by atoms with van der Waals surface area (Å²) in [5.41, 5.74) is 4.96. The summed E-state index contributed by atoms with van der Waals surface area (Å²) in [5, 5.41) is 10.7. The van der Waals surface area contributed by atoms with Crippen LogP contribution < -0.4 is 15.4 Å². The van der Waals surface area contributed by atoms with E-state index in [-0.39, 0.29) is 18.4 Å². The minimum Gasteiger partial charge on any atom is -0.484 e. The second-order valence-corrected chi connectivity index (χ2v) is 9.15. The SMILES string of the molecule is CC1=C(C(=O)Nc2cccc(C)c2C)C(c2ccc(OCC(=O)N3CCOCC3)cc2)n2ncnc2N1. The third kappa shape index (κ3) is 5.05. The van der Waals surface area contributed by atoms with Crippen LogP contribution in [0.15, 0.2) is 60.1 Å². The number of carbonyl (C=O) groups is 2. The van der Waals surface area contributed by atoms with Crippen LogP contribution in [0.4, 0.5) is 11.6 Å². The Hall–Kier alpha value is -4.18. The van der Waals surface area contributed by atoms with Gasteiger partial charge in [-0.25, -0.2) is 4.68 Å². The molecule has 1 aromatic heterocycles. The quantitative estimate of drug-likeness (QED) is 0.533. The number of morpholine rings is 1. The lowest BCUT2D eigenvalue weighted by Gasteiger charge is -2.29. The van der Waals surface area contributed by atoms with Crippen LogP contribution in [0.2, 0.25) is 0 Å². The molecule has 10 heteroatoms. The summed E-state index contributed by atoms with van der Waals surface area (Å²) in [6.07, 6.45) is 1.46. The summed E-state index contributed by atoms with van der Waals surface area (Å²) in [5.74, 6) is 0.839. The molecule has 1 fully saturated rings. The predicted octanol–water partition coefficient (Wildman–Crippen LogP) is 3.06. The molecule has 37 heavy (non-hydrogen) atoms. The van der Waals surface area contributed by atoms with Crippen molar-refractivity contribution >= 4 is 23.5 Å². The van der Waals surface area contributed by atoms with Crippen molar-refractivity contribution in [3.05, 3.63) is 76.8 Å². The molecule has 5 rings (SSSR count). The molecule has 192 valence electrons. The minimum absolute atomic E-state index is 0.0393. The van der Waals surface area contributed by atoms with Crippen LogP contribution in [0.5, 0.6) is 5.75 Å². The fraction of sp³-hybridized carbons (Fsp3) is 0.333. The van der Waals surface area contributed by atoms with E-state index in [1.807, 2.05) is 51.1 Å². The first-order chi connectivity index (χ1) is 17.9. The molecule has 2 aromatic carbocycles. The Morgan fingerprint density at radius 3 is 2.62 bits per heavy atom. The number of aromatic nitrogens is 3. The van der Waals surface area contributed by atoms with Crippen molar-refractivity contribution in [3.8, 4) is 5.75 Å². The number of benzene rings is 2. The predicted molar refractivity (Wildman–Crippen MR) is 138 cm³/mol.